The summed E-state index contributed by atoms with van der Waals surface area (Å²) in [5, 5.41) is 17.1. The number of thioether (sulfide) groups is 1. The van der Waals surface area contributed by atoms with Crippen molar-refractivity contribution in [2.45, 2.75) is 225 Å². The summed E-state index contributed by atoms with van der Waals surface area (Å²) >= 11 is 3.07. The van der Waals surface area contributed by atoms with Gasteiger partial charge in [0.05, 0.1) is 66.6 Å². The largest absolute Gasteiger partial charge is 0.445 e. The Labute approximate surface area is 588 Å². The molecule has 0 spiro atoms. The summed E-state index contributed by atoms with van der Waals surface area (Å²) in [6.45, 7) is 12.4. The van der Waals surface area contributed by atoms with Crippen molar-refractivity contribution in [1.29, 1.82) is 0 Å². The molecule has 3 unspecified atom stereocenters. The summed E-state index contributed by atoms with van der Waals surface area (Å²) < 4.78 is 17.7. The van der Waals surface area contributed by atoms with E-state index in [1.807, 2.05) is 56.5 Å². The minimum Gasteiger partial charge on any atom is -0.445 e. The lowest BCUT2D eigenvalue weighted by molar-refractivity contribution is -0.146. The lowest BCUT2D eigenvalue weighted by Crippen LogP contribution is -2.55. The van der Waals surface area contributed by atoms with Gasteiger partial charge in [-0.1, -0.05) is 155 Å². The Hall–Kier alpha value is -7.02. The summed E-state index contributed by atoms with van der Waals surface area (Å²) in [5.41, 5.74) is 2.05. The predicted molar refractivity (Wildman–Crippen MR) is 381 cm³/mol. The molecule has 1 saturated carbocycles. The summed E-state index contributed by atoms with van der Waals surface area (Å²) in [4.78, 5) is 145. The monoisotopic (exact) mass is 1400 g/mol. The molecule has 2 heterocycles. The van der Waals surface area contributed by atoms with Crippen LogP contribution in [0.2, 0.25) is 0 Å². The fourth-order valence-corrected chi connectivity index (χ4v) is 15.6. The van der Waals surface area contributed by atoms with E-state index in [4.69, 9.17) is 14.2 Å². The third-order valence-electron chi connectivity index (χ3n) is 19.4. The number of thiazole rings is 1. The lowest BCUT2D eigenvalue weighted by Gasteiger charge is -2.39. The number of amides is 8. The van der Waals surface area contributed by atoms with Crippen LogP contribution in [0.1, 0.15) is 186 Å². The fourth-order valence-electron chi connectivity index (χ4n) is 13.6. The molecule has 1 saturated heterocycles. The van der Waals surface area contributed by atoms with Crippen LogP contribution in [-0.2, 0) is 70.4 Å². The minimum absolute atomic E-state index is 0.0538. The maximum atomic E-state index is 14.5. The van der Waals surface area contributed by atoms with Crippen LogP contribution in [-0.4, -0.2) is 168 Å². The molecule has 1 aliphatic heterocycles. The van der Waals surface area contributed by atoms with Gasteiger partial charge in [0.1, 0.15) is 23.7 Å². The van der Waals surface area contributed by atoms with Crippen LogP contribution in [0.4, 0.5) is 10.5 Å². The van der Waals surface area contributed by atoms with Gasteiger partial charge in [0, 0.05) is 63.8 Å². The Morgan fingerprint density at radius 2 is 1.40 bits per heavy atom. The van der Waals surface area contributed by atoms with E-state index in [0.29, 0.717) is 79.3 Å². The molecule has 5 N–H and O–H groups in total. The second-order valence-corrected chi connectivity index (χ2v) is 29.6. The van der Waals surface area contributed by atoms with Gasteiger partial charge in [-0.2, -0.15) is 0 Å². The SMILES string of the molecule is CC[C@H](C)[C@@H]([C@@H](CC(=O)N1CCC[C@H]1[C@H](OC)[C@@H](C)C(=O)N[C@@H](Cc1ccccc1)c1nccs1)OC)N(C)C(=O)CNC(=O)C(C(C)C)N(C)C(=O)OCc1ccc(NC(=O)CNC(=O)C(NC(=O)CCCCCC2C(=O)C=C(SC3CCCCCCCCC3)C2=O)C(C)C)cc1. The van der Waals surface area contributed by atoms with Crippen molar-refractivity contribution in [2.24, 2.45) is 29.6 Å². The molecular formula is C74H109N9O13S2. The average Bonchev–Trinajstić information content (AvgIpc) is 1.19. The number of likely N-dealkylation sites (N-methyl/N-ethyl adjacent to an activating group) is 2. The number of Topliss-reactive ketones (excluding diaryl/α,β-unsaturated/α-hetero) is 1. The number of allylic oxidation sites excluding steroid dienone is 2. The molecule has 8 amide bonds. The van der Waals surface area contributed by atoms with Crippen LogP contribution in [0.15, 0.2) is 77.2 Å². The normalized spacial score (nSPS) is 18.7. The summed E-state index contributed by atoms with van der Waals surface area (Å²) in [7, 11) is 6.14. The molecule has 0 bridgehead atoms. The molecule has 22 nitrogen and oxygen atoms in total. The zero-order valence-electron chi connectivity index (χ0n) is 59.6. The lowest BCUT2D eigenvalue weighted by atomic mass is 9.90. The Balaban J connectivity index is 0.908. The summed E-state index contributed by atoms with van der Waals surface area (Å²) in [6.07, 6.45) is 16.7. The van der Waals surface area contributed by atoms with E-state index in [0.717, 1.165) is 36.3 Å². The molecule has 24 heteroatoms. The van der Waals surface area contributed by atoms with Crippen molar-refractivity contribution in [3.8, 4) is 0 Å². The molecule has 1 aromatic heterocycles. The second kappa shape index (κ2) is 40.9. The number of aromatic nitrogens is 1. The van der Waals surface area contributed by atoms with Crippen LogP contribution in [0.5, 0.6) is 0 Å². The van der Waals surface area contributed by atoms with Crippen LogP contribution in [0.25, 0.3) is 0 Å². The van der Waals surface area contributed by atoms with Crippen molar-refractivity contribution < 1.29 is 62.2 Å². The van der Waals surface area contributed by atoms with Gasteiger partial charge in [-0.15, -0.1) is 23.1 Å². The Bertz CT molecular complexity index is 3100. The summed E-state index contributed by atoms with van der Waals surface area (Å²) in [5.74, 6) is -5.01. The molecular weight excluding hydrogens is 1290 g/mol. The highest BCUT2D eigenvalue weighted by Gasteiger charge is 2.43. The van der Waals surface area contributed by atoms with E-state index in [9.17, 15) is 47.9 Å². The van der Waals surface area contributed by atoms with Crippen LogP contribution < -0.4 is 26.6 Å². The number of hydrogen-bond acceptors (Lipinski definition) is 16. The Morgan fingerprint density at radius 3 is 2.02 bits per heavy atom. The first-order chi connectivity index (χ1) is 47.0. The number of carbonyl (C=O) groups excluding carboxylic acids is 10. The van der Waals surface area contributed by atoms with Crippen molar-refractivity contribution in [3.63, 3.8) is 0 Å². The van der Waals surface area contributed by atoms with Gasteiger partial charge in [-0.25, -0.2) is 9.78 Å². The number of rotatable bonds is 36. The molecule has 98 heavy (non-hydrogen) atoms. The van der Waals surface area contributed by atoms with E-state index < -0.39 is 90.4 Å². The maximum absolute atomic E-state index is 14.5. The molecule has 2 aliphatic carbocycles. The van der Waals surface area contributed by atoms with Gasteiger partial charge in [0.15, 0.2) is 11.6 Å². The van der Waals surface area contributed by atoms with E-state index in [1.54, 1.807) is 95.1 Å². The fraction of sp³-hybridized carbons (Fsp3) is 0.635. The van der Waals surface area contributed by atoms with Gasteiger partial charge >= 0.3 is 6.09 Å². The third kappa shape index (κ3) is 24.1. The van der Waals surface area contributed by atoms with Crippen LogP contribution in [0.3, 0.4) is 0 Å². The number of anilines is 1. The second-order valence-electron chi connectivity index (χ2n) is 27.3. The number of methoxy groups -OCH3 is 2. The molecule has 2 aromatic carbocycles. The quantitative estimate of drug-likeness (QED) is 0.0267. The number of ether oxygens (including phenoxy) is 3. The number of likely N-dealkylation sites (tertiary alicyclic amines) is 1. The minimum atomic E-state index is -1.02. The number of nitrogens with one attached hydrogen (secondary N) is 5. The van der Waals surface area contributed by atoms with Gasteiger partial charge in [-0.05, 0) is 92.0 Å². The van der Waals surface area contributed by atoms with Crippen molar-refractivity contribution >= 4 is 87.8 Å². The highest BCUT2D eigenvalue weighted by atomic mass is 32.2. The molecule has 6 rings (SSSR count). The smallest absolute Gasteiger partial charge is 0.410 e. The first-order valence-corrected chi connectivity index (χ1v) is 37.2. The number of ketones is 2. The van der Waals surface area contributed by atoms with Crippen molar-refractivity contribution in [2.75, 3.05) is 53.3 Å². The molecule has 0 radical (unpaired) electrons. The maximum Gasteiger partial charge on any atom is 0.410 e. The Morgan fingerprint density at radius 1 is 0.724 bits per heavy atom. The number of hydrogen-bond donors (Lipinski definition) is 5. The molecule has 540 valence electrons. The van der Waals surface area contributed by atoms with Gasteiger partial charge in [0.2, 0.25) is 41.4 Å². The van der Waals surface area contributed by atoms with Gasteiger partial charge in [-0.3, -0.25) is 48.1 Å². The van der Waals surface area contributed by atoms with Gasteiger partial charge in [0.25, 0.3) is 0 Å². The Kier molecular flexibility index (Phi) is 33.4. The van der Waals surface area contributed by atoms with E-state index >= 15 is 0 Å². The van der Waals surface area contributed by atoms with Gasteiger partial charge < -0.3 is 50.6 Å². The summed E-state index contributed by atoms with van der Waals surface area (Å²) in [6, 6.07) is 13.2. The van der Waals surface area contributed by atoms with E-state index in [2.05, 4.69) is 31.6 Å². The van der Waals surface area contributed by atoms with E-state index in [-0.39, 0.29) is 73.2 Å². The highest BCUT2D eigenvalue weighted by Crippen LogP contribution is 2.38. The third-order valence-corrected chi connectivity index (χ3v) is 21.6. The number of nitrogens with zero attached hydrogens (tertiary/aromatic N) is 4. The van der Waals surface area contributed by atoms with Crippen LogP contribution >= 0.6 is 23.1 Å². The molecule has 2 fully saturated rings. The number of unbranched alkanes of at least 4 members (excludes halogenated alkanes) is 2. The zero-order valence-corrected chi connectivity index (χ0v) is 61.2. The van der Waals surface area contributed by atoms with E-state index in [1.165, 1.54) is 67.4 Å². The van der Waals surface area contributed by atoms with Crippen molar-refractivity contribution in [1.82, 2.24) is 41.0 Å². The van der Waals surface area contributed by atoms with Crippen molar-refractivity contribution in [3.05, 3.63) is 93.3 Å². The predicted octanol–water partition coefficient (Wildman–Crippen LogP) is 10.3. The highest BCUT2D eigenvalue weighted by molar-refractivity contribution is 8.04. The zero-order chi connectivity index (χ0) is 71.4. The standard InChI is InChI=1S/C74H109N9O13S2/c1-12-49(6)67(59(94-10)43-63(87)83-39-26-32-57(83)69(95-11)50(7)70(90)79-56(73-75-38-40-97-73)41-51-27-20-18-21-28-51)81(8)64(88)45-77-72(92)66(48(4)5)82(9)74(93)96-46-52-34-36-53(37-35-52)78-62(86)44-76-71(91)65(47(2)3)80-61(85)33-25-19-24-31-55-58(84)42-60(68(55)89)98-54-29-22-16-14-13-15-17-23-30-54/h18,20-21,27-28,34-38,40,42,47-50,54-57,59,65-67,69H,12-17,19,22-26,29-33,39,41,43-46H2,1-11H3,(H,76,91)(H,77,92)(H,78,86)(H,79,90)(H,80,85)/t49-,50+,55?,56-,57-,59+,65?,66?,67-,69+/m0/s1. The average molecular weight is 1400 g/mol. The number of benzene rings is 2. The topological polar surface area (TPSA) is 281 Å². The first-order valence-electron chi connectivity index (χ1n) is 35.4. The molecule has 3 aliphatic rings. The first kappa shape index (κ1) is 80.0. The molecule has 10 atom stereocenters. The molecule has 3 aromatic rings. The number of carbonyl (C=O) groups is 10. The van der Waals surface area contributed by atoms with Crippen LogP contribution in [0, 0.1) is 29.6 Å².